The number of hydrogen-bond acceptors (Lipinski definition) is 6. The van der Waals surface area contributed by atoms with Crippen molar-refractivity contribution in [3.63, 3.8) is 0 Å². The third-order valence-electron chi connectivity index (χ3n) is 5.44. The lowest BCUT2D eigenvalue weighted by atomic mass is 10.2. The highest BCUT2D eigenvalue weighted by Gasteiger charge is 2.39. The summed E-state index contributed by atoms with van der Waals surface area (Å²) in [5, 5.41) is 0. The molecule has 0 bridgehead atoms. The molecular weight excluding hydrogens is 469 g/mol. The number of benzene rings is 2. The highest BCUT2D eigenvalue weighted by Crippen LogP contribution is 2.27. The van der Waals surface area contributed by atoms with Gasteiger partial charge < -0.3 is 9.30 Å². The van der Waals surface area contributed by atoms with Gasteiger partial charge in [0.1, 0.15) is 11.9 Å². The SMILES string of the molecule is CCOC(=O)c1ccc2c(c1)sc(=NC(=O)C1CCCN1S(=O)(=O)c1ccc(F)cc1)n2C. The minimum absolute atomic E-state index is 0.0671. The molecule has 0 radical (unpaired) electrons. The van der Waals surface area contributed by atoms with Gasteiger partial charge in [0.25, 0.3) is 5.91 Å². The second kappa shape index (κ2) is 9.16. The summed E-state index contributed by atoms with van der Waals surface area (Å²) in [4.78, 5) is 29.6. The minimum atomic E-state index is -3.97. The van der Waals surface area contributed by atoms with E-state index in [0.29, 0.717) is 23.2 Å². The number of carbonyl (C=O) groups is 2. The average Bonchev–Trinajstić information content (AvgIpc) is 3.40. The van der Waals surface area contributed by atoms with Crippen LogP contribution in [0.15, 0.2) is 52.4 Å². The Kier molecular flexibility index (Phi) is 6.46. The average molecular weight is 492 g/mol. The lowest BCUT2D eigenvalue weighted by molar-refractivity contribution is -0.121. The summed E-state index contributed by atoms with van der Waals surface area (Å²) in [5.41, 5.74) is 1.18. The van der Waals surface area contributed by atoms with E-state index in [0.717, 1.165) is 26.7 Å². The van der Waals surface area contributed by atoms with Crippen LogP contribution < -0.4 is 4.80 Å². The Morgan fingerprint density at radius 1 is 1.21 bits per heavy atom. The van der Waals surface area contributed by atoms with Crippen LogP contribution in [0.4, 0.5) is 4.39 Å². The molecule has 174 valence electrons. The predicted octanol–water partition coefficient (Wildman–Crippen LogP) is 2.84. The predicted molar refractivity (Wildman–Crippen MR) is 121 cm³/mol. The lowest BCUT2D eigenvalue weighted by Crippen LogP contribution is -2.40. The fourth-order valence-electron chi connectivity index (χ4n) is 3.77. The normalized spacial score (nSPS) is 17.5. The van der Waals surface area contributed by atoms with Gasteiger partial charge in [0.05, 0.1) is 27.3 Å². The summed E-state index contributed by atoms with van der Waals surface area (Å²) in [6, 6.07) is 8.68. The Bertz CT molecular complexity index is 1390. The van der Waals surface area contributed by atoms with Crippen molar-refractivity contribution in [3.05, 3.63) is 58.6 Å². The van der Waals surface area contributed by atoms with Crippen LogP contribution in [0.1, 0.15) is 30.1 Å². The summed E-state index contributed by atoms with van der Waals surface area (Å²) in [7, 11) is -2.22. The number of hydrogen-bond donors (Lipinski definition) is 0. The first-order chi connectivity index (χ1) is 15.7. The third-order valence-corrected chi connectivity index (χ3v) is 8.45. The second-order valence-corrected chi connectivity index (χ2v) is 10.4. The molecule has 0 aliphatic carbocycles. The number of aryl methyl sites for hydroxylation is 1. The van der Waals surface area contributed by atoms with E-state index in [2.05, 4.69) is 4.99 Å². The Morgan fingerprint density at radius 2 is 1.94 bits per heavy atom. The summed E-state index contributed by atoms with van der Waals surface area (Å²) < 4.78 is 47.9. The number of halogens is 1. The van der Waals surface area contributed by atoms with Crippen LogP contribution in [-0.4, -0.2) is 48.4 Å². The Morgan fingerprint density at radius 3 is 2.64 bits per heavy atom. The molecule has 1 aromatic heterocycles. The van der Waals surface area contributed by atoms with Gasteiger partial charge in [0.15, 0.2) is 4.80 Å². The quantitative estimate of drug-likeness (QED) is 0.511. The first-order valence-corrected chi connectivity index (χ1v) is 12.6. The highest BCUT2D eigenvalue weighted by molar-refractivity contribution is 7.89. The lowest BCUT2D eigenvalue weighted by Gasteiger charge is -2.21. The van der Waals surface area contributed by atoms with E-state index in [1.165, 1.54) is 23.5 Å². The standard InChI is InChI=1S/C22H22FN3O5S2/c1-3-31-21(28)14-6-11-17-19(13-14)32-22(25(17)2)24-20(27)18-5-4-12-26(18)33(29,30)16-9-7-15(23)8-10-16/h6-11,13,18H,3-5,12H2,1-2H3. The maximum atomic E-state index is 13.2. The Hall–Kier alpha value is -2.89. The molecule has 1 amide bonds. The smallest absolute Gasteiger partial charge is 0.338 e. The van der Waals surface area contributed by atoms with Crippen LogP contribution in [0.2, 0.25) is 0 Å². The molecule has 1 aliphatic heterocycles. The number of rotatable bonds is 5. The molecule has 1 atom stereocenters. The minimum Gasteiger partial charge on any atom is -0.462 e. The van der Waals surface area contributed by atoms with Gasteiger partial charge in [-0.1, -0.05) is 11.3 Å². The number of nitrogens with zero attached hydrogens (tertiary/aromatic N) is 3. The molecule has 0 N–H and O–H groups in total. The fraction of sp³-hybridized carbons (Fsp3) is 0.318. The van der Waals surface area contributed by atoms with Crippen molar-refractivity contribution in [2.24, 2.45) is 12.0 Å². The molecule has 4 rings (SSSR count). The summed E-state index contributed by atoms with van der Waals surface area (Å²) in [6.45, 7) is 2.18. The Balaban J connectivity index is 1.66. The molecule has 1 saturated heterocycles. The fourth-order valence-corrected chi connectivity index (χ4v) is 6.48. The number of esters is 1. The van der Waals surface area contributed by atoms with Crippen molar-refractivity contribution >= 4 is 43.5 Å². The van der Waals surface area contributed by atoms with Crippen LogP contribution in [0, 0.1) is 5.82 Å². The van der Waals surface area contributed by atoms with Crippen molar-refractivity contribution in [2.75, 3.05) is 13.2 Å². The van der Waals surface area contributed by atoms with Crippen LogP contribution in [-0.2, 0) is 26.6 Å². The molecule has 1 unspecified atom stereocenters. The topological polar surface area (TPSA) is 98.0 Å². The molecule has 33 heavy (non-hydrogen) atoms. The van der Waals surface area contributed by atoms with Crippen molar-refractivity contribution in [3.8, 4) is 0 Å². The van der Waals surface area contributed by atoms with Gasteiger partial charge >= 0.3 is 5.97 Å². The number of ether oxygens (including phenoxy) is 1. The van der Waals surface area contributed by atoms with Crippen LogP contribution in [0.5, 0.6) is 0 Å². The molecule has 2 aromatic carbocycles. The van der Waals surface area contributed by atoms with E-state index < -0.39 is 33.8 Å². The molecular formula is C22H22FN3O5S2. The maximum absolute atomic E-state index is 13.2. The number of amides is 1. The van der Waals surface area contributed by atoms with E-state index in [9.17, 15) is 22.4 Å². The van der Waals surface area contributed by atoms with E-state index in [1.807, 2.05) is 0 Å². The zero-order chi connectivity index (χ0) is 23.8. The Labute approximate surface area is 194 Å². The van der Waals surface area contributed by atoms with Gasteiger partial charge in [-0.25, -0.2) is 17.6 Å². The molecule has 1 fully saturated rings. The summed E-state index contributed by atoms with van der Waals surface area (Å²) in [5.74, 6) is -1.54. The third kappa shape index (κ3) is 4.48. The molecule has 1 aliphatic rings. The molecule has 3 aromatic rings. The number of fused-ring (bicyclic) bond motifs is 1. The van der Waals surface area contributed by atoms with Crippen molar-refractivity contribution < 1.29 is 27.1 Å². The summed E-state index contributed by atoms with van der Waals surface area (Å²) in [6.07, 6.45) is 0.873. The van der Waals surface area contributed by atoms with Crippen LogP contribution >= 0.6 is 11.3 Å². The first-order valence-electron chi connectivity index (χ1n) is 10.3. The number of thiazole rings is 1. The molecule has 8 nitrogen and oxygen atoms in total. The first kappa shape index (κ1) is 23.3. The van der Waals surface area contributed by atoms with E-state index >= 15 is 0 Å². The number of carbonyl (C=O) groups excluding carboxylic acids is 2. The van der Waals surface area contributed by atoms with E-state index in [1.54, 1.807) is 36.7 Å². The number of aromatic nitrogens is 1. The molecule has 11 heteroatoms. The molecule has 0 saturated carbocycles. The highest BCUT2D eigenvalue weighted by atomic mass is 32.2. The van der Waals surface area contributed by atoms with E-state index in [-0.39, 0.29) is 18.0 Å². The molecule has 2 heterocycles. The van der Waals surface area contributed by atoms with Crippen LogP contribution in [0.3, 0.4) is 0 Å². The van der Waals surface area contributed by atoms with Gasteiger partial charge in [-0.2, -0.15) is 9.30 Å². The van der Waals surface area contributed by atoms with Gasteiger partial charge in [0, 0.05) is 13.6 Å². The zero-order valence-electron chi connectivity index (χ0n) is 18.0. The van der Waals surface area contributed by atoms with E-state index in [4.69, 9.17) is 4.74 Å². The summed E-state index contributed by atoms with van der Waals surface area (Å²) >= 11 is 1.23. The molecule has 0 spiro atoms. The van der Waals surface area contributed by atoms with Gasteiger partial charge in [-0.15, -0.1) is 0 Å². The zero-order valence-corrected chi connectivity index (χ0v) is 19.7. The van der Waals surface area contributed by atoms with Gasteiger partial charge in [-0.3, -0.25) is 4.79 Å². The van der Waals surface area contributed by atoms with Crippen molar-refractivity contribution in [1.82, 2.24) is 8.87 Å². The maximum Gasteiger partial charge on any atom is 0.338 e. The second-order valence-electron chi connectivity index (χ2n) is 7.52. The monoisotopic (exact) mass is 491 g/mol. The van der Waals surface area contributed by atoms with Gasteiger partial charge in [0.2, 0.25) is 10.0 Å². The number of sulfonamides is 1. The van der Waals surface area contributed by atoms with Crippen LogP contribution in [0.25, 0.3) is 10.2 Å². The van der Waals surface area contributed by atoms with Crippen molar-refractivity contribution in [2.45, 2.75) is 30.7 Å². The largest absolute Gasteiger partial charge is 0.462 e. The van der Waals surface area contributed by atoms with Gasteiger partial charge in [-0.05, 0) is 62.2 Å². The van der Waals surface area contributed by atoms with Crippen molar-refractivity contribution in [1.29, 1.82) is 0 Å².